The molecule has 3 fully saturated rings. The number of hydrogen-bond acceptors (Lipinski definition) is 5. The normalized spacial score (nSPS) is 20.6. The number of nitrogens with one attached hydrogen (secondary N) is 2. The summed E-state index contributed by atoms with van der Waals surface area (Å²) in [7, 11) is 0. The van der Waals surface area contributed by atoms with Gasteiger partial charge in [-0.2, -0.15) is 23.4 Å². The number of aromatic nitrogens is 5. The largest absolute Gasteiger partial charge is 0.408 e. The number of carbonyl (C=O) groups is 1. The lowest BCUT2D eigenvalue weighted by Crippen LogP contribution is -2.57. The molecule has 2 saturated heterocycles. The fourth-order valence-corrected chi connectivity index (χ4v) is 5.45. The van der Waals surface area contributed by atoms with Crippen molar-refractivity contribution in [1.82, 2.24) is 29.9 Å². The lowest BCUT2D eigenvalue weighted by molar-refractivity contribution is -0.141. The molecule has 0 radical (unpaired) electrons. The Balaban J connectivity index is 1.32. The number of anilines is 2. The van der Waals surface area contributed by atoms with Crippen LogP contribution in [0.1, 0.15) is 39.0 Å². The first-order valence-electron chi connectivity index (χ1n) is 12.0. The van der Waals surface area contributed by atoms with Gasteiger partial charge in [0.25, 0.3) is 0 Å². The van der Waals surface area contributed by atoms with Crippen LogP contribution < -0.4 is 10.2 Å². The van der Waals surface area contributed by atoms with Crippen LogP contribution in [0.4, 0.5) is 33.9 Å². The maximum atomic E-state index is 14.1. The average Bonchev–Trinajstić information content (AvgIpc) is 3.24. The van der Waals surface area contributed by atoms with Gasteiger partial charge >= 0.3 is 12.2 Å². The third-order valence-electron chi connectivity index (χ3n) is 7.34. The van der Waals surface area contributed by atoms with Crippen molar-refractivity contribution in [3.05, 3.63) is 18.5 Å². The maximum absolute atomic E-state index is 14.1. The van der Waals surface area contributed by atoms with Gasteiger partial charge in [-0.25, -0.2) is 9.18 Å². The summed E-state index contributed by atoms with van der Waals surface area (Å²) in [6, 6.07) is 1.27. The van der Waals surface area contributed by atoms with Crippen LogP contribution in [-0.4, -0.2) is 72.9 Å². The molecule has 6 rings (SSSR count). The van der Waals surface area contributed by atoms with Crippen molar-refractivity contribution in [3.8, 4) is 11.4 Å². The number of H-pyrrole nitrogens is 1. The fourth-order valence-electron chi connectivity index (χ4n) is 5.45. The summed E-state index contributed by atoms with van der Waals surface area (Å²) < 4.78 is 54.9. The van der Waals surface area contributed by atoms with E-state index in [1.54, 1.807) is 4.90 Å². The first kappa shape index (κ1) is 23.0. The molecule has 2 aliphatic heterocycles. The van der Waals surface area contributed by atoms with Crippen molar-refractivity contribution in [1.29, 1.82) is 0 Å². The number of piperidine rings is 1. The average molecular weight is 507 g/mol. The Bertz CT molecular complexity index is 1320. The minimum atomic E-state index is -4.50. The van der Waals surface area contributed by atoms with Crippen LogP contribution in [0.3, 0.4) is 0 Å². The van der Waals surface area contributed by atoms with Gasteiger partial charge < -0.3 is 15.1 Å². The second-order valence-corrected chi connectivity index (χ2v) is 10.4. The van der Waals surface area contributed by atoms with Crippen LogP contribution in [0.15, 0.2) is 18.5 Å². The number of urea groups is 1. The van der Waals surface area contributed by atoms with E-state index in [0.29, 0.717) is 29.0 Å². The molecule has 13 heteroatoms. The van der Waals surface area contributed by atoms with Gasteiger partial charge in [0.1, 0.15) is 17.9 Å². The second-order valence-electron chi connectivity index (χ2n) is 10.4. The van der Waals surface area contributed by atoms with E-state index in [-0.39, 0.29) is 36.0 Å². The number of amides is 2. The van der Waals surface area contributed by atoms with E-state index in [9.17, 15) is 22.4 Å². The Morgan fingerprint density at radius 2 is 1.97 bits per heavy atom. The van der Waals surface area contributed by atoms with Gasteiger partial charge in [-0.15, -0.1) is 0 Å². The molecule has 9 nitrogen and oxygen atoms in total. The number of rotatable bonds is 4. The molecule has 1 aliphatic carbocycles. The molecule has 36 heavy (non-hydrogen) atoms. The Hall–Kier alpha value is -3.38. The lowest BCUT2D eigenvalue weighted by atomic mass is 9.99. The Kier molecular flexibility index (Phi) is 5.00. The van der Waals surface area contributed by atoms with Crippen molar-refractivity contribution < 1.29 is 22.4 Å². The number of nitrogens with zero attached hydrogens (tertiary/aromatic N) is 6. The summed E-state index contributed by atoms with van der Waals surface area (Å²) in [4.78, 5) is 21.0. The third kappa shape index (κ3) is 4.03. The van der Waals surface area contributed by atoms with Crippen LogP contribution >= 0.6 is 0 Å². The number of carbonyl (C=O) groups excluding carboxylic acids is 1. The Morgan fingerprint density at radius 3 is 2.67 bits per heavy atom. The minimum Gasteiger partial charge on any atom is -0.348 e. The summed E-state index contributed by atoms with van der Waals surface area (Å²) in [5, 5.41) is 14.3. The van der Waals surface area contributed by atoms with Gasteiger partial charge in [0.2, 0.25) is 0 Å². The predicted molar refractivity (Wildman–Crippen MR) is 124 cm³/mol. The van der Waals surface area contributed by atoms with Gasteiger partial charge in [0.15, 0.2) is 5.82 Å². The summed E-state index contributed by atoms with van der Waals surface area (Å²) in [6.45, 7) is 0.926. The minimum absolute atomic E-state index is 0.0433. The summed E-state index contributed by atoms with van der Waals surface area (Å²) in [5.74, 6) is 0.265. The number of aromatic amines is 1. The van der Waals surface area contributed by atoms with E-state index in [2.05, 4.69) is 25.6 Å². The molecule has 1 saturated carbocycles. The molecule has 3 aliphatic rings. The summed E-state index contributed by atoms with van der Waals surface area (Å²) in [6.07, 6.45) is 3.47. The summed E-state index contributed by atoms with van der Waals surface area (Å²) in [5.41, 5.74) is -0.163. The molecule has 3 aromatic heterocycles. The first-order valence-corrected chi connectivity index (χ1v) is 12.0. The first-order chi connectivity index (χ1) is 17.0. The highest BCUT2D eigenvalue weighted by atomic mass is 19.4. The predicted octanol–water partition coefficient (Wildman–Crippen LogP) is 4.48. The van der Waals surface area contributed by atoms with E-state index in [0.717, 1.165) is 36.8 Å². The molecule has 0 aromatic carbocycles. The summed E-state index contributed by atoms with van der Waals surface area (Å²) >= 11 is 0. The van der Waals surface area contributed by atoms with Gasteiger partial charge in [0.05, 0.1) is 41.6 Å². The van der Waals surface area contributed by atoms with Gasteiger partial charge in [-0.3, -0.25) is 14.8 Å². The number of hydrogen-bond donors (Lipinski definition) is 2. The highest BCUT2D eigenvalue weighted by Gasteiger charge is 2.51. The van der Waals surface area contributed by atoms with Crippen molar-refractivity contribution in [2.75, 3.05) is 29.9 Å². The number of likely N-dealkylation sites (tertiary alicyclic amines) is 1. The maximum Gasteiger partial charge on any atom is 0.408 e. The van der Waals surface area contributed by atoms with Gasteiger partial charge in [-0.05, 0) is 45.1 Å². The lowest BCUT2D eigenvalue weighted by Gasteiger charge is -2.42. The van der Waals surface area contributed by atoms with Gasteiger partial charge in [0, 0.05) is 18.3 Å². The van der Waals surface area contributed by atoms with E-state index < -0.39 is 18.4 Å². The van der Waals surface area contributed by atoms with Crippen LogP contribution in [0.25, 0.3) is 22.3 Å². The third-order valence-corrected chi connectivity index (χ3v) is 7.34. The zero-order valence-electron chi connectivity index (χ0n) is 19.7. The molecule has 2 amide bonds. The molecule has 0 unspecified atom stereocenters. The van der Waals surface area contributed by atoms with E-state index >= 15 is 0 Å². The molecular formula is C23H26F4N8O. The fraction of sp³-hybridized carbons (Fsp3) is 0.565. The molecule has 192 valence electrons. The highest BCUT2D eigenvalue weighted by molar-refractivity contribution is 5.96. The van der Waals surface area contributed by atoms with Gasteiger partial charge in [-0.1, -0.05) is 0 Å². The number of halogens is 4. The molecule has 0 atom stereocenters. The number of pyridine rings is 1. The van der Waals surface area contributed by atoms with E-state index in [1.165, 1.54) is 25.4 Å². The van der Waals surface area contributed by atoms with Crippen LogP contribution in [-0.2, 0) is 6.54 Å². The van der Waals surface area contributed by atoms with Crippen molar-refractivity contribution >= 4 is 28.4 Å². The molecule has 1 spiro atoms. The molecule has 3 aromatic rings. The van der Waals surface area contributed by atoms with Crippen molar-refractivity contribution in [2.45, 2.75) is 63.0 Å². The quantitative estimate of drug-likeness (QED) is 0.509. The zero-order chi connectivity index (χ0) is 25.3. The van der Waals surface area contributed by atoms with E-state index in [4.69, 9.17) is 0 Å². The zero-order valence-corrected chi connectivity index (χ0v) is 19.7. The van der Waals surface area contributed by atoms with Crippen LogP contribution in [0, 0.1) is 0 Å². The molecular weight excluding hydrogens is 480 g/mol. The Labute approximate surface area is 203 Å². The monoisotopic (exact) mass is 506 g/mol. The second kappa shape index (κ2) is 7.81. The highest BCUT2D eigenvalue weighted by Crippen LogP contribution is 2.48. The molecule has 2 N–H and O–H groups in total. The molecule has 0 bridgehead atoms. The van der Waals surface area contributed by atoms with Crippen molar-refractivity contribution in [3.63, 3.8) is 0 Å². The van der Waals surface area contributed by atoms with E-state index in [1.807, 2.05) is 4.90 Å². The van der Waals surface area contributed by atoms with Crippen molar-refractivity contribution in [2.24, 2.45) is 0 Å². The smallest absolute Gasteiger partial charge is 0.348 e. The molecule has 5 heterocycles. The SMILES string of the molecule is CC1(F)CN(c2nn(CC(F)(F)F)c3cc(-c4[nH]ncc4NC(=O)N4CCCCC45CC5)ncc23)C1. The number of fused-ring (bicyclic) bond motifs is 1. The Morgan fingerprint density at radius 1 is 1.19 bits per heavy atom. The van der Waals surface area contributed by atoms with Crippen LogP contribution in [0.5, 0.6) is 0 Å². The standard InChI is InChI=1S/C23H26F4N8O/c1-21(24)11-33(12-21)19-14-9-28-15(8-17(14)35(32-19)13-23(25,26)27)18-16(10-29-31-18)30-20(36)34-7-3-2-4-22(34)5-6-22/h8-10H,2-7,11-13H2,1H3,(H,29,31)(H,30,36). The van der Waals surface area contributed by atoms with Crippen LogP contribution in [0.2, 0.25) is 0 Å². The topological polar surface area (TPSA) is 95.0 Å². The number of alkyl halides is 4.